The third kappa shape index (κ3) is 8.70. The van der Waals surface area contributed by atoms with E-state index < -0.39 is 35.4 Å². The molecule has 4 bridgehead atoms. The molecule has 2 saturated heterocycles. The first-order valence-corrected chi connectivity index (χ1v) is 29.2. The molecule has 14 heteroatoms. The number of aliphatic hydroxyl groups is 2. The number of hydrogen-bond donors (Lipinski definition) is 4. The molecule has 4 aromatic rings. The predicted octanol–water partition coefficient (Wildman–Crippen LogP) is 11.7. The van der Waals surface area contributed by atoms with Gasteiger partial charge in [-0.3, -0.25) is 18.6 Å². The molecule has 0 unspecified atom stereocenters. The quantitative estimate of drug-likeness (QED) is 0.0827. The summed E-state index contributed by atoms with van der Waals surface area (Å²) in [7, 11) is 0. The molecule has 416 valence electrons. The van der Waals surface area contributed by atoms with Gasteiger partial charge in [0.25, 0.3) is 0 Å². The molecule has 6 atom stereocenters. The van der Waals surface area contributed by atoms with Crippen LogP contribution in [-0.4, -0.2) is 131 Å². The van der Waals surface area contributed by atoms with Crippen molar-refractivity contribution in [2.45, 2.75) is 151 Å². The van der Waals surface area contributed by atoms with Gasteiger partial charge in [-0.1, -0.05) is 48.5 Å². The molecule has 8 fully saturated rings. The Bertz CT molecular complexity index is 2770. The van der Waals surface area contributed by atoms with Crippen molar-refractivity contribution in [3.63, 3.8) is 0 Å². The molecule has 8 aliphatic carbocycles. The number of alkyl halides is 2. The molecule has 0 spiro atoms. The SMILES string of the molecule is C[C@@H]1CC2=C(Cc3ccccc32)[C@@H](c2c(F)cc(N[C@H]3CCN(CCCF)C3)cc2F)N1C12CC(CO)(C1)C2.C[C@H]1CC2=C(Cc3ccccc32)[C@H](c2c(F)cc(N[C@H]3CCN(CCCF)C3)cc2F)N1C12CC(CO)(C1)C2. The summed E-state index contributed by atoms with van der Waals surface area (Å²) in [5, 5.41) is 26.6. The Labute approximate surface area is 455 Å². The van der Waals surface area contributed by atoms with Crippen LogP contribution in [0.3, 0.4) is 0 Å². The molecular formula is C64H76F6N6O2. The van der Waals surface area contributed by atoms with Crippen LogP contribution in [-0.2, 0) is 12.8 Å². The normalized spacial score (nSPS) is 33.5. The van der Waals surface area contributed by atoms with E-state index in [4.69, 9.17) is 0 Å². The lowest BCUT2D eigenvalue weighted by Crippen LogP contribution is -2.77. The lowest BCUT2D eigenvalue weighted by Gasteiger charge is -2.76. The van der Waals surface area contributed by atoms with Gasteiger partial charge >= 0.3 is 0 Å². The number of benzene rings is 4. The van der Waals surface area contributed by atoms with Gasteiger partial charge in [0.1, 0.15) is 23.3 Å². The molecule has 16 rings (SSSR count). The number of fused-ring (bicyclic) bond motifs is 4. The van der Waals surface area contributed by atoms with Gasteiger partial charge < -0.3 is 30.6 Å². The molecule has 6 saturated carbocycles. The Morgan fingerprint density at radius 1 is 0.551 bits per heavy atom. The Kier molecular flexibility index (Phi) is 13.6. The van der Waals surface area contributed by atoms with Gasteiger partial charge in [0.2, 0.25) is 0 Å². The fourth-order valence-corrected chi connectivity index (χ4v) is 17.6. The fourth-order valence-electron chi connectivity index (χ4n) is 17.6. The van der Waals surface area contributed by atoms with Crippen molar-refractivity contribution in [1.82, 2.24) is 19.6 Å². The van der Waals surface area contributed by atoms with Crippen molar-refractivity contribution < 1.29 is 36.6 Å². The Morgan fingerprint density at radius 3 is 1.28 bits per heavy atom. The van der Waals surface area contributed by atoms with Crippen LogP contribution in [0.5, 0.6) is 0 Å². The highest BCUT2D eigenvalue weighted by molar-refractivity contribution is 5.80. The predicted molar refractivity (Wildman–Crippen MR) is 294 cm³/mol. The number of halogens is 6. The van der Waals surface area contributed by atoms with Crippen molar-refractivity contribution in [3.8, 4) is 0 Å². The number of nitrogens with one attached hydrogen (secondary N) is 2. The van der Waals surface area contributed by atoms with Crippen LogP contribution < -0.4 is 10.6 Å². The molecule has 8 nitrogen and oxygen atoms in total. The Balaban J connectivity index is 0.000000148. The van der Waals surface area contributed by atoms with E-state index >= 15 is 17.6 Å². The van der Waals surface area contributed by atoms with Crippen LogP contribution in [0.2, 0.25) is 0 Å². The van der Waals surface area contributed by atoms with E-state index in [2.05, 4.69) is 80.5 Å². The summed E-state index contributed by atoms with van der Waals surface area (Å²) in [5.41, 5.74) is 10.8. The smallest absolute Gasteiger partial charge is 0.133 e. The summed E-state index contributed by atoms with van der Waals surface area (Å²) in [5.74, 6) is -2.00. The van der Waals surface area contributed by atoms with Gasteiger partial charge in [-0.15, -0.1) is 0 Å². The van der Waals surface area contributed by atoms with Crippen molar-refractivity contribution in [1.29, 1.82) is 0 Å². The molecule has 78 heavy (non-hydrogen) atoms. The summed E-state index contributed by atoms with van der Waals surface area (Å²) >= 11 is 0. The highest BCUT2D eigenvalue weighted by atomic mass is 19.2. The molecule has 12 aliphatic rings. The third-order valence-electron chi connectivity index (χ3n) is 20.6. The number of aliphatic hydroxyl groups excluding tert-OH is 2. The summed E-state index contributed by atoms with van der Waals surface area (Å²) in [6.07, 6.45) is 11.4. The summed E-state index contributed by atoms with van der Waals surface area (Å²) in [4.78, 5) is 9.25. The average molecular weight is 1080 g/mol. The van der Waals surface area contributed by atoms with Gasteiger partial charge in [0.15, 0.2) is 0 Å². The first-order chi connectivity index (χ1) is 37.7. The van der Waals surface area contributed by atoms with Crippen LogP contribution in [0.4, 0.5) is 37.7 Å². The first-order valence-electron chi connectivity index (χ1n) is 29.2. The van der Waals surface area contributed by atoms with Gasteiger partial charge in [0.05, 0.1) is 25.4 Å². The monoisotopic (exact) mass is 1070 g/mol. The topological polar surface area (TPSA) is 77.5 Å². The minimum Gasteiger partial charge on any atom is -0.396 e. The second kappa shape index (κ2) is 20.1. The number of rotatable bonds is 16. The van der Waals surface area contributed by atoms with Gasteiger partial charge in [-0.25, -0.2) is 17.6 Å². The van der Waals surface area contributed by atoms with Crippen LogP contribution in [0.25, 0.3) is 11.1 Å². The van der Waals surface area contributed by atoms with Crippen LogP contribution in [0, 0.1) is 34.1 Å². The van der Waals surface area contributed by atoms with Crippen LogP contribution in [0.1, 0.15) is 136 Å². The molecule has 4 N–H and O–H groups in total. The lowest BCUT2D eigenvalue weighted by atomic mass is 9.38. The second-order valence-corrected chi connectivity index (χ2v) is 25.9. The maximum atomic E-state index is 16.1. The van der Waals surface area contributed by atoms with Crippen LogP contribution >= 0.6 is 0 Å². The minimum atomic E-state index is -0.500. The summed E-state index contributed by atoms with van der Waals surface area (Å²) in [6, 6.07) is 22.2. The van der Waals surface area contributed by atoms with Crippen molar-refractivity contribution in [3.05, 3.63) is 141 Å². The van der Waals surface area contributed by atoms with E-state index in [1.165, 1.54) is 57.7 Å². The van der Waals surface area contributed by atoms with E-state index in [1.807, 2.05) is 12.1 Å². The molecule has 4 aliphatic heterocycles. The maximum Gasteiger partial charge on any atom is 0.133 e. The molecule has 0 radical (unpaired) electrons. The van der Waals surface area contributed by atoms with Crippen molar-refractivity contribution in [2.75, 3.05) is 76.5 Å². The standard InChI is InChI=1S/2C32H38F3N3O/c2*1-20-11-25-24-6-3-2-5-21(24)12-26(25)30(38(20)32-16-31(17-32,18-32)19-39)29-27(34)13-23(14-28(29)35)36-22-7-10-37(15-22)9-4-8-33/h2*2-3,5-6,13-14,20,22,30,36,39H,4,7-12,15-19H2,1H3/t20-,22+,30+,31?,32?;20-,22-,30+,31?,32?/m10/s1. The van der Waals surface area contributed by atoms with Gasteiger partial charge in [-0.2, -0.15) is 0 Å². The Hall–Kier alpha value is -4.70. The third-order valence-corrected chi connectivity index (χ3v) is 20.6. The largest absolute Gasteiger partial charge is 0.396 e. The zero-order chi connectivity index (χ0) is 53.9. The van der Waals surface area contributed by atoms with E-state index in [0.717, 1.165) is 114 Å². The lowest BCUT2D eigenvalue weighted by molar-refractivity contribution is -0.254. The van der Waals surface area contributed by atoms with Crippen molar-refractivity contribution >= 4 is 22.5 Å². The number of anilines is 2. The highest BCUT2D eigenvalue weighted by Gasteiger charge is 2.73. The van der Waals surface area contributed by atoms with Gasteiger partial charge in [0, 0.05) is 110 Å². The number of nitrogens with zero attached hydrogens (tertiary/aromatic N) is 4. The fraction of sp³-hybridized carbons (Fsp3) is 0.562. The summed E-state index contributed by atoms with van der Waals surface area (Å²) < 4.78 is 89.7. The molecule has 4 heterocycles. The maximum absolute atomic E-state index is 16.1. The molecule has 0 amide bonds. The van der Waals surface area contributed by atoms with Crippen LogP contribution in [0.15, 0.2) is 83.9 Å². The molecular weight excluding hydrogens is 999 g/mol. The van der Waals surface area contributed by atoms with E-state index in [0.29, 0.717) is 37.3 Å². The second-order valence-electron chi connectivity index (χ2n) is 25.9. The Morgan fingerprint density at radius 2 is 0.923 bits per heavy atom. The average Bonchev–Trinajstić information content (AvgIpc) is 3.90. The zero-order valence-corrected chi connectivity index (χ0v) is 45.3. The highest BCUT2D eigenvalue weighted by Crippen LogP contribution is 2.74. The zero-order valence-electron chi connectivity index (χ0n) is 45.3. The van der Waals surface area contributed by atoms with Crippen molar-refractivity contribution in [2.24, 2.45) is 10.8 Å². The molecule has 0 aromatic heterocycles. The number of likely N-dealkylation sites (tertiary alicyclic amines) is 2. The van der Waals surface area contributed by atoms with E-state index in [1.54, 1.807) is 0 Å². The van der Waals surface area contributed by atoms with E-state index in [9.17, 15) is 19.0 Å². The van der Waals surface area contributed by atoms with E-state index in [-0.39, 0.29) is 83.8 Å². The summed E-state index contributed by atoms with van der Waals surface area (Å²) in [6.45, 7) is 8.79. The minimum absolute atomic E-state index is 0.00179. The number of hydrogen-bond acceptors (Lipinski definition) is 8. The molecule has 4 aromatic carbocycles. The first kappa shape index (κ1) is 52.7. The van der Waals surface area contributed by atoms with Gasteiger partial charge in [-0.05, 0) is 183 Å².